The molecule has 164 valence electrons. The fraction of sp³-hybridized carbons (Fsp3) is 0.0345. The van der Waals surface area contributed by atoms with Crippen molar-refractivity contribution in [2.75, 3.05) is 0 Å². The molecule has 0 N–H and O–H groups in total. The zero-order chi connectivity index (χ0) is 23.3. The third-order valence-corrected chi connectivity index (χ3v) is 5.51. The molecule has 0 saturated heterocycles. The summed E-state index contributed by atoms with van der Waals surface area (Å²) in [7, 11) is 0. The predicted octanol–water partition coefficient (Wildman–Crippen LogP) is 5.27. The van der Waals surface area contributed by atoms with Crippen molar-refractivity contribution in [2.24, 2.45) is 0 Å². The van der Waals surface area contributed by atoms with Gasteiger partial charge in [-0.1, -0.05) is 78.9 Å². The smallest absolute Gasteiger partial charge is 0.278 e. The number of carbonyl (C=O) groups is 1. The lowest BCUT2D eigenvalue weighted by molar-refractivity contribution is 0.104. The Bertz CT molecular complexity index is 1560. The van der Waals surface area contributed by atoms with Crippen LogP contribution in [0.5, 0.6) is 0 Å². The van der Waals surface area contributed by atoms with Gasteiger partial charge < -0.3 is 0 Å². The lowest BCUT2D eigenvalue weighted by Gasteiger charge is -2.12. The Hall–Kier alpha value is -4.64. The summed E-state index contributed by atoms with van der Waals surface area (Å²) in [6.45, 7) is 0. The van der Waals surface area contributed by atoms with Crippen LogP contribution in [0, 0.1) is 0 Å². The maximum atomic E-state index is 13.5. The number of allylic oxidation sites excluding steroid dienone is 1. The molecule has 34 heavy (non-hydrogen) atoms. The molecule has 5 heteroatoms. The molecule has 2 heterocycles. The minimum absolute atomic E-state index is 0.0793. The van der Waals surface area contributed by atoms with Gasteiger partial charge in [0.25, 0.3) is 5.56 Å². The molecule has 0 radical (unpaired) electrons. The lowest BCUT2D eigenvalue weighted by Crippen LogP contribution is -2.25. The van der Waals surface area contributed by atoms with Gasteiger partial charge >= 0.3 is 0 Å². The van der Waals surface area contributed by atoms with E-state index in [4.69, 9.17) is 0 Å². The molecule has 0 aliphatic rings. The summed E-state index contributed by atoms with van der Waals surface area (Å²) in [6, 6.07) is 30.1. The molecule has 5 aromatic rings. The van der Waals surface area contributed by atoms with Gasteiger partial charge in [-0.05, 0) is 41.5 Å². The third kappa shape index (κ3) is 4.45. The zero-order valence-electron chi connectivity index (χ0n) is 18.3. The van der Waals surface area contributed by atoms with Gasteiger partial charge in [0, 0.05) is 18.2 Å². The molecule has 5 nitrogen and oxygen atoms in total. The Morgan fingerprint density at radius 2 is 1.62 bits per heavy atom. The number of rotatable bonds is 6. The second-order valence-corrected chi connectivity index (χ2v) is 7.87. The zero-order valence-corrected chi connectivity index (χ0v) is 18.3. The van der Waals surface area contributed by atoms with Crippen LogP contribution in [0.3, 0.4) is 0 Å². The summed E-state index contributed by atoms with van der Waals surface area (Å²) in [5.74, 6) is -0.0793. The quantitative estimate of drug-likeness (QED) is 0.265. The number of fused-ring (bicyclic) bond motifs is 1. The Morgan fingerprint density at radius 3 is 2.41 bits per heavy atom. The van der Waals surface area contributed by atoms with Crippen molar-refractivity contribution in [1.82, 2.24) is 14.5 Å². The van der Waals surface area contributed by atoms with E-state index in [0.29, 0.717) is 34.5 Å². The van der Waals surface area contributed by atoms with Crippen LogP contribution in [0.2, 0.25) is 0 Å². The van der Waals surface area contributed by atoms with Crippen molar-refractivity contribution >= 4 is 23.0 Å². The molecule has 0 amide bonds. The minimum atomic E-state index is -0.212. The van der Waals surface area contributed by atoms with Crippen molar-refractivity contribution < 1.29 is 4.79 Å². The average Bonchev–Trinajstić information content (AvgIpc) is 2.89. The van der Waals surface area contributed by atoms with Gasteiger partial charge in [-0.2, -0.15) is 0 Å². The molecule has 2 aromatic heterocycles. The van der Waals surface area contributed by atoms with Crippen LogP contribution < -0.4 is 5.56 Å². The van der Waals surface area contributed by atoms with E-state index in [9.17, 15) is 9.59 Å². The van der Waals surface area contributed by atoms with E-state index in [-0.39, 0.29) is 11.3 Å². The summed E-state index contributed by atoms with van der Waals surface area (Å²) >= 11 is 0. The first kappa shape index (κ1) is 21.2. The number of carbonyl (C=O) groups excluding carboxylic acids is 1. The van der Waals surface area contributed by atoms with E-state index in [1.165, 1.54) is 0 Å². The van der Waals surface area contributed by atoms with Gasteiger partial charge in [-0.3, -0.25) is 14.2 Å². The summed E-state index contributed by atoms with van der Waals surface area (Å²) in [4.78, 5) is 35.1. The van der Waals surface area contributed by atoms with Gasteiger partial charge in [-0.25, -0.2) is 9.97 Å². The number of hydrogen-bond acceptors (Lipinski definition) is 4. The highest BCUT2D eigenvalue weighted by atomic mass is 16.1. The molecule has 0 atom stereocenters. The third-order valence-electron chi connectivity index (χ3n) is 5.51. The van der Waals surface area contributed by atoms with E-state index in [0.717, 1.165) is 11.1 Å². The van der Waals surface area contributed by atoms with Crippen molar-refractivity contribution in [1.29, 1.82) is 0 Å². The van der Waals surface area contributed by atoms with Gasteiger partial charge in [0.15, 0.2) is 11.4 Å². The molecule has 0 saturated carbocycles. The molecular formula is C29H21N3O2. The van der Waals surface area contributed by atoms with E-state index in [1.807, 2.05) is 84.9 Å². The van der Waals surface area contributed by atoms with E-state index >= 15 is 0 Å². The molecule has 0 spiro atoms. The predicted molar refractivity (Wildman–Crippen MR) is 134 cm³/mol. The standard InChI is InChI=1S/C29H21N3O2/c33-27(23-12-5-2-6-13-23)17-16-22-11-7-14-24(19-22)32-28-25(15-8-18-30-28)31-26(29(32)34)20-21-9-3-1-4-10-21/h1-19H,20H2/b17-16+. The van der Waals surface area contributed by atoms with Crippen molar-refractivity contribution in [3.63, 3.8) is 0 Å². The van der Waals surface area contributed by atoms with Crippen LogP contribution in [0.4, 0.5) is 0 Å². The lowest BCUT2D eigenvalue weighted by atomic mass is 10.1. The van der Waals surface area contributed by atoms with Gasteiger partial charge in [0.1, 0.15) is 11.2 Å². The molecule has 0 aliphatic carbocycles. The maximum absolute atomic E-state index is 13.5. The van der Waals surface area contributed by atoms with Crippen molar-refractivity contribution in [3.05, 3.63) is 142 Å². The van der Waals surface area contributed by atoms with Crippen LogP contribution in [0.1, 0.15) is 27.2 Å². The normalized spacial score (nSPS) is 11.2. The Morgan fingerprint density at radius 1 is 0.853 bits per heavy atom. The highest BCUT2D eigenvalue weighted by molar-refractivity contribution is 6.06. The van der Waals surface area contributed by atoms with Crippen LogP contribution >= 0.6 is 0 Å². The Balaban J connectivity index is 1.56. The van der Waals surface area contributed by atoms with Crippen molar-refractivity contribution in [2.45, 2.75) is 6.42 Å². The molecule has 0 unspecified atom stereocenters. The summed E-state index contributed by atoms with van der Waals surface area (Å²) in [5, 5.41) is 0. The number of hydrogen-bond donors (Lipinski definition) is 0. The number of nitrogens with zero attached hydrogens (tertiary/aromatic N) is 3. The second-order valence-electron chi connectivity index (χ2n) is 7.87. The number of pyridine rings is 1. The highest BCUT2D eigenvalue weighted by Crippen LogP contribution is 2.17. The topological polar surface area (TPSA) is 64.8 Å². The second kappa shape index (κ2) is 9.46. The van der Waals surface area contributed by atoms with Crippen LogP contribution in [-0.4, -0.2) is 20.3 Å². The highest BCUT2D eigenvalue weighted by Gasteiger charge is 2.14. The first-order chi connectivity index (χ1) is 16.7. The average molecular weight is 444 g/mol. The SMILES string of the molecule is O=C(/C=C/c1cccc(-n2c(=O)c(Cc3ccccc3)nc3cccnc32)c1)c1ccccc1. The molecular weight excluding hydrogens is 422 g/mol. The number of benzene rings is 3. The summed E-state index contributed by atoms with van der Waals surface area (Å²) in [5.41, 5.74) is 4.49. The van der Waals surface area contributed by atoms with Crippen molar-refractivity contribution in [3.8, 4) is 5.69 Å². The fourth-order valence-corrected chi connectivity index (χ4v) is 3.85. The van der Waals surface area contributed by atoms with E-state index in [1.54, 1.807) is 35.0 Å². The maximum Gasteiger partial charge on any atom is 0.278 e. The minimum Gasteiger partial charge on any atom is -0.289 e. The molecule has 5 rings (SSSR count). The van der Waals surface area contributed by atoms with Crippen LogP contribution in [-0.2, 0) is 6.42 Å². The van der Waals surface area contributed by atoms with E-state index in [2.05, 4.69) is 9.97 Å². The van der Waals surface area contributed by atoms with E-state index < -0.39 is 0 Å². The molecule has 3 aromatic carbocycles. The molecule has 0 bridgehead atoms. The summed E-state index contributed by atoms with van der Waals surface area (Å²) in [6.07, 6.45) is 5.38. The molecule has 0 fully saturated rings. The van der Waals surface area contributed by atoms with Crippen LogP contribution in [0.25, 0.3) is 22.9 Å². The summed E-state index contributed by atoms with van der Waals surface area (Å²) < 4.78 is 1.59. The van der Waals surface area contributed by atoms with Gasteiger partial charge in [0.2, 0.25) is 0 Å². The largest absolute Gasteiger partial charge is 0.289 e. The Labute approximate surface area is 196 Å². The first-order valence-electron chi connectivity index (χ1n) is 11.0. The van der Waals surface area contributed by atoms with Crippen LogP contribution in [0.15, 0.2) is 114 Å². The Kier molecular flexibility index (Phi) is 5.91. The monoisotopic (exact) mass is 443 g/mol. The number of ketones is 1. The van der Waals surface area contributed by atoms with Gasteiger partial charge in [0.05, 0.1) is 5.69 Å². The number of aromatic nitrogens is 3. The fourth-order valence-electron chi connectivity index (χ4n) is 3.85. The molecule has 0 aliphatic heterocycles. The first-order valence-corrected chi connectivity index (χ1v) is 11.0. The van der Waals surface area contributed by atoms with Gasteiger partial charge in [-0.15, -0.1) is 0 Å².